The molecule has 0 saturated carbocycles. The molecule has 0 aliphatic heterocycles. The van der Waals surface area contributed by atoms with Crippen LogP contribution in [0.5, 0.6) is 0 Å². The van der Waals surface area contributed by atoms with Crippen molar-refractivity contribution >= 4 is 35.4 Å². The van der Waals surface area contributed by atoms with E-state index in [1.807, 2.05) is 0 Å². The molecule has 18 heavy (non-hydrogen) atoms. The van der Waals surface area contributed by atoms with Gasteiger partial charge in [-0.25, -0.2) is 10.4 Å². The first-order valence-electron chi connectivity index (χ1n) is 4.25. The molecule has 0 atom stereocenters. The molecule has 6 N–H and O–H groups in total. The van der Waals surface area contributed by atoms with E-state index in [0.717, 1.165) is 5.56 Å². The van der Waals surface area contributed by atoms with Gasteiger partial charge in [-0.05, 0) is 17.7 Å². The maximum absolute atomic E-state index is 8.47. The van der Waals surface area contributed by atoms with Crippen molar-refractivity contribution in [3.63, 3.8) is 0 Å². The molecule has 1 aromatic carbocycles. The quantitative estimate of drug-likeness (QED) is 0.368. The van der Waals surface area contributed by atoms with Crippen LogP contribution in [0, 0.1) is 4.91 Å². The summed E-state index contributed by atoms with van der Waals surface area (Å²) in [5.74, 6) is -0.0960. The van der Waals surface area contributed by atoms with Crippen molar-refractivity contribution in [1.29, 1.82) is 0 Å². The van der Waals surface area contributed by atoms with Crippen molar-refractivity contribution in [2.75, 3.05) is 0 Å². The van der Waals surface area contributed by atoms with Crippen LogP contribution in [-0.4, -0.2) is 27.7 Å². The molecular weight excluding hydrogens is 285 g/mol. The second-order valence-electron chi connectivity index (χ2n) is 2.70. The standard InChI is InChI=1S/C8H8Cl2N4.H2NO3/c9-6-2-1-5(3-7(6)10)4-13-14-8(11)12;2-1(3)4/h1-4H,(H4,11,12,14);(H2,2,3,4)/q;+1/b13-4+;. The molecule has 1 aromatic rings. The molecule has 1 rings (SSSR count). The number of hydrogen-bond donors (Lipinski definition) is 4. The number of rotatable bonds is 2. The Morgan fingerprint density at radius 1 is 1.28 bits per heavy atom. The molecular formula is C8H10Cl2N5O3+. The minimum Gasteiger partial charge on any atom is -0.369 e. The van der Waals surface area contributed by atoms with Gasteiger partial charge >= 0.3 is 5.09 Å². The van der Waals surface area contributed by atoms with Crippen LogP contribution in [0.25, 0.3) is 0 Å². The minimum absolute atomic E-state index is 0.0960. The third-order valence-corrected chi connectivity index (χ3v) is 2.06. The fourth-order valence-corrected chi connectivity index (χ4v) is 1.06. The zero-order chi connectivity index (χ0) is 14.1. The normalized spacial score (nSPS) is 9.44. The molecule has 0 heterocycles. The highest BCUT2D eigenvalue weighted by Crippen LogP contribution is 2.21. The Labute approximate surface area is 112 Å². The zero-order valence-electron chi connectivity index (χ0n) is 8.86. The molecule has 0 aliphatic carbocycles. The molecule has 0 unspecified atom stereocenters. The van der Waals surface area contributed by atoms with E-state index in [1.165, 1.54) is 6.21 Å². The van der Waals surface area contributed by atoms with E-state index in [2.05, 4.69) is 10.2 Å². The first kappa shape index (κ1) is 15.9. The van der Waals surface area contributed by atoms with Gasteiger partial charge in [-0.15, -0.1) is 5.10 Å². The highest BCUT2D eigenvalue weighted by atomic mass is 35.5. The first-order chi connectivity index (χ1) is 8.32. The first-order valence-corrected chi connectivity index (χ1v) is 5.00. The molecule has 8 nitrogen and oxygen atoms in total. The van der Waals surface area contributed by atoms with Gasteiger partial charge in [0.25, 0.3) is 0 Å². The second-order valence-corrected chi connectivity index (χ2v) is 3.51. The summed E-state index contributed by atoms with van der Waals surface area (Å²) >= 11 is 11.5. The molecule has 0 bridgehead atoms. The smallest absolute Gasteiger partial charge is 0.369 e. The molecule has 10 heteroatoms. The summed E-state index contributed by atoms with van der Waals surface area (Å²) in [6.07, 6.45) is 1.47. The maximum atomic E-state index is 8.47. The van der Waals surface area contributed by atoms with Crippen LogP contribution in [0.3, 0.4) is 0 Å². The summed E-state index contributed by atoms with van der Waals surface area (Å²) < 4.78 is 0. The van der Waals surface area contributed by atoms with E-state index in [1.54, 1.807) is 18.2 Å². The highest BCUT2D eigenvalue weighted by molar-refractivity contribution is 6.42. The lowest BCUT2D eigenvalue weighted by atomic mass is 10.2. The summed E-state index contributed by atoms with van der Waals surface area (Å²) in [5, 5.41) is 20.5. The predicted molar refractivity (Wildman–Crippen MR) is 67.1 cm³/mol. The largest absolute Gasteiger partial charge is 0.472 e. The van der Waals surface area contributed by atoms with Crippen molar-refractivity contribution in [3.05, 3.63) is 38.7 Å². The van der Waals surface area contributed by atoms with Gasteiger partial charge in [-0.1, -0.05) is 29.3 Å². The van der Waals surface area contributed by atoms with Crippen LogP contribution in [0.2, 0.25) is 10.0 Å². The molecule has 0 amide bonds. The van der Waals surface area contributed by atoms with Gasteiger partial charge in [0.15, 0.2) is 0 Å². The van der Waals surface area contributed by atoms with E-state index < -0.39 is 5.09 Å². The van der Waals surface area contributed by atoms with Crippen LogP contribution in [-0.2, 0) is 0 Å². The summed E-state index contributed by atoms with van der Waals surface area (Å²) in [5.41, 5.74) is 10.9. The highest BCUT2D eigenvalue weighted by Gasteiger charge is 1.96. The summed E-state index contributed by atoms with van der Waals surface area (Å²) in [6.45, 7) is 0. The van der Waals surface area contributed by atoms with E-state index >= 15 is 0 Å². The number of benzene rings is 1. The fraction of sp³-hybridized carbons (Fsp3) is 0. The lowest BCUT2D eigenvalue weighted by Crippen LogP contribution is -2.21. The van der Waals surface area contributed by atoms with Gasteiger partial charge < -0.3 is 11.5 Å². The predicted octanol–water partition coefficient (Wildman–Crippen LogP) is 1.14. The number of halogens is 2. The third kappa shape index (κ3) is 8.13. The van der Waals surface area contributed by atoms with Gasteiger partial charge in [0.05, 0.1) is 16.3 Å². The molecule has 0 aliphatic rings. The molecule has 0 fully saturated rings. The maximum Gasteiger partial charge on any atom is 0.472 e. The molecule has 98 valence electrons. The van der Waals surface area contributed by atoms with Crippen LogP contribution in [0.15, 0.2) is 28.4 Å². The molecule has 0 aromatic heterocycles. The topological polar surface area (TPSA) is 137 Å². The molecule has 0 spiro atoms. The zero-order valence-corrected chi connectivity index (χ0v) is 10.4. The second kappa shape index (κ2) is 8.09. The Hall–Kier alpha value is -2.06. The number of nitrogens with zero attached hydrogens (tertiary/aromatic N) is 3. The Balaban J connectivity index is 0.000000631. The SMILES string of the molecule is NC(N)=N/N=C/c1ccc(Cl)c(Cl)c1.O=[N+](O)O. The van der Waals surface area contributed by atoms with Crippen molar-refractivity contribution in [1.82, 2.24) is 0 Å². The number of nitrogens with two attached hydrogens (primary N) is 2. The van der Waals surface area contributed by atoms with Crippen molar-refractivity contribution in [2.24, 2.45) is 21.7 Å². The third-order valence-electron chi connectivity index (χ3n) is 1.32. The van der Waals surface area contributed by atoms with Crippen molar-refractivity contribution in [2.45, 2.75) is 0 Å². The monoisotopic (exact) mass is 294 g/mol. The fourth-order valence-electron chi connectivity index (χ4n) is 0.755. The molecule has 0 radical (unpaired) electrons. The number of hydrogen-bond acceptors (Lipinski definition) is 3. The Morgan fingerprint density at radius 3 is 2.28 bits per heavy atom. The van der Waals surface area contributed by atoms with Gasteiger partial charge in [0.2, 0.25) is 5.96 Å². The van der Waals surface area contributed by atoms with Gasteiger partial charge in [0, 0.05) is 0 Å². The van der Waals surface area contributed by atoms with E-state index in [0.29, 0.717) is 10.0 Å². The van der Waals surface area contributed by atoms with Crippen molar-refractivity contribution in [3.8, 4) is 0 Å². The van der Waals surface area contributed by atoms with Crippen LogP contribution >= 0.6 is 23.2 Å². The summed E-state index contributed by atoms with van der Waals surface area (Å²) in [7, 11) is 0. The summed E-state index contributed by atoms with van der Waals surface area (Å²) in [6, 6.07) is 5.08. The van der Waals surface area contributed by atoms with Crippen LogP contribution < -0.4 is 11.5 Å². The van der Waals surface area contributed by atoms with Crippen LogP contribution in [0.4, 0.5) is 0 Å². The Morgan fingerprint density at radius 2 is 1.83 bits per heavy atom. The average molecular weight is 295 g/mol. The van der Waals surface area contributed by atoms with Gasteiger partial charge in [-0.2, -0.15) is 5.10 Å². The molecule has 0 saturated heterocycles. The van der Waals surface area contributed by atoms with Gasteiger partial charge in [-0.3, -0.25) is 0 Å². The lowest BCUT2D eigenvalue weighted by Gasteiger charge is -1.95. The summed E-state index contributed by atoms with van der Waals surface area (Å²) in [4.78, 5) is 8.47. The van der Waals surface area contributed by atoms with E-state index in [-0.39, 0.29) is 5.96 Å². The van der Waals surface area contributed by atoms with Crippen molar-refractivity contribution < 1.29 is 15.5 Å². The van der Waals surface area contributed by atoms with Gasteiger partial charge in [0.1, 0.15) is 4.91 Å². The lowest BCUT2D eigenvalue weighted by molar-refractivity contribution is -0.969. The minimum atomic E-state index is -1.25. The Kier molecular flexibility index (Phi) is 7.17. The number of guanidine groups is 1. The average Bonchev–Trinajstić information content (AvgIpc) is 2.22. The van der Waals surface area contributed by atoms with Crippen LogP contribution in [0.1, 0.15) is 5.56 Å². The van der Waals surface area contributed by atoms with E-state index in [4.69, 9.17) is 50.0 Å². The van der Waals surface area contributed by atoms with E-state index in [9.17, 15) is 0 Å². The Bertz CT molecular complexity index is 470.